The van der Waals surface area contributed by atoms with E-state index in [-0.39, 0.29) is 16.4 Å². The lowest BCUT2D eigenvalue weighted by Gasteiger charge is -2.06. The lowest BCUT2D eigenvalue weighted by atomic mass is 10.1. The van der Waals surface area contributed by atoms with Crippen LogP contribution in [0.5, 0.6) is 0 Å². The first kappa shape index (κ1) is 20.2. The highest BCUT2D eigenvalue weighted by atomic mass is 32.2. The quantitative estimate of drug-likeness (QED) is 0.642. The van der Waals surface area contributed by atoms with Crippen molar-refractivity contribution >= 4 is 37.5 Å². The van der Waals surface area contributed by atoms with Crippen LogP contribution in [0, 0.1) is 13.8 Å². The second kappa shape index (κ2) is 7.46. The van der Waals surface area contributed by atoms with Crippen molar-refractivity contribution in [3.8, 4) is 0 Å². The fourth-order valence-corrected chi connectivity index (χ4v) is 4.48. The predicted octanol–water partition coefficient (Wildman–Crippen LogP) is 1.23. The van der Waals surface area contributed by atoms with Gasteiger partial charge in [0.15, 0.2) is 0 Å². The fourth-order valence-electron chi connectivity index (χ4n) is 2.83. The average Bonchev–Trinajstić information content (AvgIpc) is 2.96. The van der Waals surface area contributed by atoms with Crippen LogP contribution in [0.1, 0.15) is 26.6 Å². The Morgan fingerprint density at radius 2 is 1.89 bits per heavy atom. The summed E-state index contributed by atoms with van der Waals surface area (Å²) in [5.41, 5.74) is 1.33. The van der Waals surface area contributed by atoms with Crippen molar-refractivity contribution in [1.29, 1.82) is 0 Å². The molecule has 0 atom stereocenters. The van der Waals surface area contributed by atoms with Gasteiger partial charge in [-0.25, -0.2) is 18.5 Å². The summed E-state index contributed by atoms with van der Waals surface area (Å²) in [7, 11) is -2.06. The molecule has 1 aromatic carbocycles. The third-order valence-corrected chi connectivity index (χ3v) is 6.67. The number of fused-ring (bicyclic) bond motifs is 1. The van der Waals surface area contributed by atoms with Crippen LogP contribution in [-0.4, -0.2) is 30.4 Å². The number of sulfonamides is 1. The molecule has 0 spiro atoms. The molecule has 1 amide bonds. The SMILES string of the molecule is Cc1c(C(=O)NCCc2ccc(S(N)(=O)=O)cc2)sc2nc(C)n(C)c(=O)c12. The van der Waals surface area contributed by atoms with Crippen molar-refractivity contribution in [2.45, 2.75) is 25.2 Å². The number of carbonyl (C=O) groups excluding carboxylic acids is 1. The van der Waals surface area contributed by atoms with E-state index in [0.717, 1.165) is 5.56 Å². The number of primary sulfonamides is 1. The number of hydrogen-bond donors (Lipinski definition) is 2. The van der Waals surface area contributed by atoms with E-state index in [0.29, 0.717) is 39.4 Å². The number of carbonyl (C=O) groups is 1. The molecular weight excluding hydrogens is 400 g/mol. The number of hydrogen-bond acceptors (Lipinski definition) is 6. The third kappa shape index (κ3) is 3.84. The van der Waals surface area contributed by atoms with E-state index >= 15 is 0 Å². The highest BCUT2D eigenvalue weighted by Crippen LogP contribution is 2.27. The van der Waals surface area contributed by atoms with Crippen LogP contribution in [0.25, 0.3) is 10.2 Å². The summed E-state index contributed by atoms with van der Waals surface area (Å²) in [5.74, 6) is 0.329. The zero-order chi connectivity index (χ0) is 20.6. The minimum absolute atomic E-state index is 0.0468. The fraction of sp³-hybridized carbons (Fsp3) is 0.278. The monoisotopic (exact) mass is 420 g/mol. The first-order valence-electron chi connectivity index (χ1n) is 8.46. The smallest absolute Gasteiger partial charge is 0.262 e. The zero-order valence-corrected chi connectivity index (χ0v) is 17.3. The maximum Gasteiger partial charge on any atom is 0.262 e. The number of nitrogens with zero attached hydrogens (tertiary/aromatic N) is 2. The normalized spacial score (nSPS) is 11.7. The van der Waals surface area contributed by atoms with Gasteiger partial charge in [0.2, 0.25) is 10.0 Å². The number of nitrogens with two attached hydrogens (primary N) is 1. The van der Waals surface area contributed by atoms with E-state index in [1.54, 1.807) is 33.0 Å². The van der Waals surface area contributed by atoms with Crippen molar-refractivity contribution in [3.05, 3.63) is 56.4 Å². The van der Waals surface area contributed by atoms with Gasteiger partial charge >= 0.3 is 0 Å². The summed E-state index contributed by atoms with van der Waals surface area (Å²) < 4.78 is 24.0. The molecule has 2 aromatic heterocycles. The second-order valence-electron chi connectivity index (χ2n) is 6.45. The molecule has 10 heteroatoms. The van der Waals surface area contributed by atoms with Gasteiger partial charge in [-0.05, 0) is 43.5 Å². The molecule has 0 bridgehead atoms. The Kier molecular flexibility index (Phi) is 5.37. The molecule has 0 aliphatic heterocycles. The Morgan fingerprint density at radius 3 is 2.50 bits per heavy atom. The van der Waals surface area contributed by atoms with Gasteiger partial charge in [-0.15, -0.1) is 11.3 Å². The van der Waals surface area contributed by atoms with Crippen LogP contribution >= 0.6 is 11.3 Å². The van der Waals surface area contributed by atoms with Gasteiger partial charge in [-0.1, -0.05) is 12.1 Å². The van der Waals surface area contributed by atoms with Crippen LogP contribution in [-0.2, 0) is 23.5 Å². The number of aromatic nitrogens is 2. The Labute approximate surface area is 166 Å². The Balaban J connectivity index is 1.73. The molecule has 0 fully saturated rings. The van der Waals surface area contributed by atoms with Gasteiger partial charge in [0.25, 0.3) is 11.5 Å². The molecular formula is C18H20N4O4S2. The van der Waals surface area contributed by atoms with E-state index in [2.05, 4.69) is 10.3 Å². The van der Waals surface area contributed by atoms with Gasteiger partial charge < -0.3 is 5.32 Å². The molecule has 0 aliphatic rings. The van der Waals surface area contributed by atoms with Gasteiger partial charge in [0.05, 0.1) is 15.2 Å². The van der Waals surface area contributed by atoms with Crippen LogP contribution < -0.4 is 16.0 Å². The van der Waals surface area contributed by atoms with Crippen molar-refractivity contribution in [2.75, 3.05) is 6.54 Å². The highest BCUT2D eigenvalue weighted by molar-refractivity contribution is 7.89. The lowest BCUT2D eigenvalue weighted by molar-refractivity contribution is 0.0957. The second-order valence-corrected chi connectivity index (χ2v) is 9.01. The van der Waals surface area contributed by atoms with Crippen molar-refractivity contribution in [2.24, 2.45) is 12.2 Å². The van der Waals surface area contributed by atoms with Gasteiger partial charge in [-0.2, -0.15) is 0 Å². The Bertz CT molecular complexity index is 1230. The molecule has 0 aliphatic carbocycles. The summed E-state index contributed by atoms with van der Waals surface area (Å²) >= 11 is 1.20. The van der Waals surface area contributed by atoms with E-state index < -0.39 is 10.0 Å². The summed E-state index contributed by atoms with van der Waals surface area (Å²) in [5, 5.41) is 8.38. The topological polar surface area (TPSA) is 124 Å². The maximum absolute atomic E-state index is 12.6. The molecule has 148 valence electrons. The summed E-state index contributed by atoms with van der Waals surface area (Å²) in [6.45, 7) is 3.86. The predicted molar refractivity (Wildman–Crippen MR) is 108 cm³/mol. The number of thiophene rings is 1. The van der Waals surface area contributed by atoms with Crippen molar-refractivity contribution in [1.82, 2.24) is 14.9 Å². The van der Waals surface area contributed by atoms with E-state index in [9.17, 15) is 18.0 Å². The van der Waals surface area contributed by atoms with E-state index in [4.69, 9.17) is 5.14 Å². The van der Waals surface area contributed by atoms with Crippen molar-refractivity contribution in [3.63, 3.8) is 0 Å². The third-order valence-electron chi connectivity index (χ3n) is 4.55. The molecule has 0 radical (unpaired) electrons. The maximum atomic E-state index is 12.6. The van der Waals surface area contributed by atoms with E-state index in [1.165, 1.54) is 28.0 Å². The Hall–Kier alpha value is -2.56. The molecule has 28 heavy (non-hydrogen) atoms. The number of rotatable bonds is 5. The molecule has 8 nitrogen and oxygen atoms in total. The van der Waals surface area contributed by atoms with Gasteiger partial charge in [0.1, 0.15) is 10.7 Å². The lowest BCUT2D eigenvalue weighted by Crippen LogP contribution is -2.25. The standard InChI is InChI=1S/C18H20N4O4S2/c1-10-14-17(21-11(2)22(3)18(14)24)27-15(10)16(23)20-9-8-12-4-6-13(7-5-12)28(19,25)26/h4-7H,8-9H2,1-3H3,(H,20,23)(H2,19,25,26). The summed E-state index contributed by atoms with van der Waals surface area (Å²) in [4.78, 5) is 30.5. The molecule has 0 saturated heterocycles. The highest BCUT2D eigenvalue weighted by Gasteiger charge is 2.19. The number of nitrogens with one attached hydrogen (secondary N) is 1. The summed E-state index contributed by atoms with van der Waals surface area (Å²) in [6.07, 6.45) is 0.527. The number of aryl methyl sites for hydroxylation is 2. The minimum atomic E-state index is -3.72. The first-order chi connectivity index (χ1) is 13.1. The van der Waals surface area contributed by atoms with Gasteiger partial charge in [0, 0.05) is 13.6 Å². The zero-order valence-electron chi connectivity index (χ0n) is 15.6. The Morgan fingerprint density at radius 1 is 1.25 bits per heavy atom. The van der Waals surface area contributed by atoms with Crippen LogP contribution in [0.3, 0.4) is 0 Å². The average molecular weight is 421 g/mol. The molecule has 3 rings (SSSR count). The van der Waals surface area contributed by atoms with Gasteiger partial charge in [-0.3, -0.25) is 14.2 Å². The molecule has 3 aromatic rings. The van der Waals surface area contributed by atoms with Crippen LogP contribution in [0.4, 0.5) is 0 Å². The summed E-state index contributed by atoms with van der Waals surface area (Å²) in [6, 6.07) is 6.19. The number of amides is 1. The largest absolute Gasteiger partial charge is 0.351 e. The molecule has 0 unspecified atom stereocenters. The molecule has 0 saturated carbocycles. The van der Waals surface area contributed by atoms with E-state index in [1.807, 2.05) is 0 Å². The van der Waals surface area contributed by atoms with Crippen LogP contribution in [0.2, 0.25) is 0 Å². The molecule has 2 heterocycles. The minimum Gasteiger partial charge on any atom is -0.351 e. The van der Waals surface area contributed by atoms with Crippen LogP contribution in [0.15, 0.2) is 34.0 Å². The number of benzene rings is 1. The first-order valence-corrected chi connectivity index (χ1v) is 10.8. The van der Waals surface area contributed by atoms with Crippen molar-refractivity contribution < 1.29 is 13.2 Å². The molecule has 3 N–H and O–H groups in total.